The number of benzene rings is 2. The molecule has 0 saturated carbocycles. The second-order valence-corrected chi connectivity index (χ2v) is 7.50. The van der Waals surface area contributed by atoms with Crippen LogP contribution < -0.4 is 15.8 Å². The number of quaternary nitrogens is 1. The Hall–Kier alpha value is -3.03. The Morgan fingerprint density at radius 1 is 1.03 bits per heavy atom. The molecule has 2 N–H and O–H groups in total. The van der Waals surface area contributed by atoms with Crippen molar-refractivity contribution >= 4 is 16.7 Å². The van der Waals surface area contributed by atoms with Crippen LogP contribution in [0.25, 0.3) is 22.0 Å². The van der Waals surface area contributed by atoms with Gasteiger partial charge in [0.25, 0.3) is 5.56 Å². The fraction of sp³-hybridized carbons (Fsp3) is 0.348. The Kier molecular flexibility index (Phi) is 6.51. The lowest BCUT2D eigenvalue weighted by Gasteiger charge is -2.23. The van der Waals surface area contributed by atoms with E-state index in [9.17, 15) is 9.59 Å². The highest BCUT2D eigenvalue weighted by molar-refractivity contribution is 5.93. The highest BCUT2D eigenvalue weighted by Gasteiger charge is 2.15. The highest BCUT2D eigenvalue weighted by atomic mass is 16.5. The van der Waals surface area contributed by atoms with Gasteiger partial charge in [-0.1, -0.05) is 48.5 Å². The molecule has 0 aliphatic carbocycles. The third-order valence-electron chi connectivity index (χ3n) is 5.47. The molecule has 4 rings (SSSR count). The molecule has 0 radical (unpaired) electrons. The highest BCUT2D eigenvalue weighted by Crippen LogP contribution is 2.24. The van der Waals surface area contributed by atoms with Crippen molar-refractivity contribution in [1.82, 2.24) is 15.1 Å². The molecule has 0 bridgehead atoms. The Morgan fingerprint density at radius 2 is 1.73 bits per heavy atom. The van der Waals surface area contributed by atoms with Gasteiger partial charge < -0.3 is 15.0 Å². The molecule has 0 spiro atoms. The zero-order valence-corrected chi connectivity index (χ0v) is 17.0. The maximum absolute atomic E-state index is 12.9. The molecular weight excluding hydrogens is 380 g/mol. The maximum atomic E-state index is 12.9. The van der Waals surface area contributed by atoms with Crippen LogP contribution in [0.3, 0.4) is 0 Å². The van der Waals surface area contributed by atoms with Gasteiger partial charge in [0.2, 0.25) is 5.91 Å². The summed E-state index contributed by atoms with van der Waals surface area (Å²) in [6, 6.07) is 17.3. The molecule has 1 aliphatic rings. The molecule has 1 fully saturated rings. The van der Waals surface area contributed by atoms with E-state index in [-0.39, 0.29) is 24.4 Å². The van der Waals surface area contributed by atoms with Gasteiger partial charge in [0, 0.05) is 17.4 Å². The molecule has 7 heteroatoms. The fourth-order valence-electron chi connectivity index (χ4n) is 3.78. The Balaban J connectivity index is 1.45. The van der Waals surface area contributed by atoms with E-state index in [0.717, 1.165) is 49.5 Å². The summed E-state index contributed by atoms with van der Waals surface area (Å²) in [5.74, 6) is -0.0641. The molecule has 0 unspecified atom stereocenters. The largest absolute Gasteiger partial charge is 0.370 e. The van der Waals surface area contributed by atoms with Gasteiger partial charge in [-0.25, -0.2) is 4.68 Å². The molecule has 2 heterocycles. The van der Waals surface area contributed by atoms with Gasteiger partial charge in [-0.3, -0.25) is 9.59 Å². The summed E-state index contributed by atoms with van der Waals surface area (Å²) in [7, 11) is 0. The second kappa shape index (κ2) is 9.65. The lowest BCUT2D eigenvalue weighted by molar-refractivity contribution is -0.906. The van der Waals surface area contributed by atoms with Crippen LogP contribution in [-0.2, 0) is 16.1 Å². The molecule has 1 aromatic heterocycles. The summed E-state index contributed by atoms with van der Waals surface area (Å²) >= 11 is 0. The van der Waals surface area contributed by atoms with E-state index in [0.29, 0.717) is 11.9 Å². The third kappa shape index (κ3) is 4.75. The number of ether oxygens (including phenoxy) is 1. The normalized spacial score (nSPS) is 14.7. The molecular formula is C23H27N4O3+. The standard InChI is InChI=1S/C23H26N4O3/c28-21(24-11-13-26-14-16-30-17-15-26)10-12-27-23(29)20-9-5-4-8-19(20)22(25-27)18-6-2-1-3-7-18/h1-9H,10-17H2,(H,24,28)/p+1. The first-order valence-electron chi connectivity index (χ1n) is 10.5. The molecule has 3 aromatic rings. The Labute approximate surface area is 175 Å². The van der Waals surface area contributed by atoms with Gasteiger partial charge in [0.05, 0.1) is 43.9 Å². The number of aryl methyl sites for hydroxylation is 1. The molecule has 1 saturated heterocycles. The van der Waals surface area contributed by atoms with Crippen molar-refractivity contribution in [2.45, 2.75) is 13.0 Å². The van der Waals surface area contributed by atoms with Crippen molar-refractivity contribution in [3.05, 3.63) is 65.0 Å². The number of hydrogen-bond donors (Lipinski definition) is 2. The first-order valence-corrected chi connectivity index (χ1v) is 10.5. The lowest BCUT2D eigenvalue weighted by Crippen LogP contribution is -3.14. The Morgan fingerprint density at radius 3 is 2.50 bits per heavy atom. The molecule has 30 heavy (non-hydrogen) atoms. The number of fused-ring (bicyclic) bond motifs is 1. The molecule has 0 atom stereocenters. The van der Waals surface area contributed by atoms with Gasteiger partial charge in [-0.15, -0.1) is 0 Å². The predicted octanol–water partition coefficient (Wildman–Crippen LogP) is 0.485. The van der Waals surface area contributed by atoms with Crippen molar-refractivity contribution in [3.63, 3.8) is 0 Å². The summed E-state index contributed by atoms with van der Waals surface area (Å²) in [5, 5.41) is 9.00. The molecule has 156 valence electrons. The zero-order valence-electron chi connectivity index (χ0n) is 17.0. The van der Waals surface area contributed by atoms with Crippen LogP contribution in [0.5, 0.6) is 0 Å². The number of hydrogen-bond acceptors (Lipinski definition) is 4. The zero-order chi connectivity index (χ0) is 20.8. The topological polar surface area (TPSA) is 77.7 Å². The smallest absolute Gasteiger partial charge is 0.274 e. The average Bonchev–Trinajstić information content (AvgIpc) is 2.80. The number of rotatable bonds is 7. The van der Waals surface area contributed by atoms with Crippen LogP contribution >= 0.6 is 0 Å². The monoisotopic (exact) mass is 407 g/mol. The van der Waals surface area contributed by atoms with Crippen molar-refractivity contribution in [2.75, 3.05) is 39.4 Å². The summed E-state index contributed by atoms with van der Waals surface area (Å²) in [4.78, 5) is 26.6. The SMILES string of the molecule is O=C(CCn1nc(-c2ccccc2)c2ccccc2c1=O)NCC[NH+]1CCOCC1. The third-order valence-corrected chi connectivity index (χ3v) is 5.47. The summed E-state index contributed by atoms with van der Waals surface area (Å²) in [5.41, 5.74) is 1.53. The van der Waals surface area contributed by atoms with E-state index in [1.54, 1.807) is 0 Å². The van der Waals surface area contributed by atoms with E-state index in [2.05, 4.69) is 10.4 Å². The van der Waals surface area contributed by atoms with Gasteiger partial charge in [0.1, 0.15) is 13.1 Å². The summed E-state index contributed by atoms with van der Waals surface area (Å²) in [6.45, 7) is 5.29. The summed E-state index contributed by atoms with van der Waals surface area (Å²) in [6.07, 6.45) is 0.220. The minimum Gasteiger partial charge on any atom is -0.370 e. The minimum atomic E-state index is -0.171. The molecule has 1 amide bonds. The maximum Gasteiger partial charge on any atom is 0.274 e. The quantitative estimate of drug-likeness (QED) is 0.598. The second-order valence-electron chi connectivity index (χ2n) is 7.50. The van der Waals surface area contributed by atoms with Crippen LogP contribution in [0.1, 0.15) is 6.42 Å². The van der Waals surface area contributed by atoms with Crippen molar-refractivity contribution < 1.29 is 14.4 Å². The van der Waals surface area contributed by atoms with Gasteiger partial charge in [-0.2, -0.15) is 5.10 Å². The first-order chi connectivity index (χ1) is 14.7. The van der Waals surface area contributed by atoms with E-state index in [1.807, 2.05) is 54.6 Å². The Bertz CT molecular complexity index is 1060. The van der Waals surface area contributed by atoms with Gasteiger partial charge in [0.15, 0.2) is 0 Å². The lowest BCUT2D eigenvalue weighted by atomic mass is 10.1. The number of amides is 1. The van der Waals surface area contributed by atoms with Crippen LogP contribution in [-0.4, -0.2) is 55.1 Å². The molecule has 1 aliphatic heterocycles. The predicted molar refractivity (Wildman–Crippen MR) is 115 cm³/mol. The van der Waals surface area contributed by atoms with E-state index in [4.69, 9.17) is 4.74 Å². The van der Waals surface area contributed by atoms with E-state index >= 15 is 0 Å². The minimum absolute atomic E-state index is 0.0641. The van der Waals surface area contributed by atoms with Crippen molar-refractivity contribution in [1.29, 1.82) is 0 Å². The number of carbonyl (C=O) groups is 1. The van der Waals surface area contributed by atoms with Crippen LogP contribution in [0.4, 0.5) is 0 Å². The van der Waals surface area contributed by atoms with Gasteiger partial charge >= 0.3 is 0 Å². The summed E-state index contributed by atoms with van der Waals surface area (Å²) < 4.78 is 6.76. The fourth-order valence-corrected chi connectivity index (χ4v) is 3.78. The van der Waals surface area contributed by atoms with Crippen LogP contribution in [0.15, 0.2) is 59.4 Å². The number of aromatic nitrogens is 2. The van der Waals surface area contributed by atoms with Crippen LogP contribution in [0.2, 0.25) is 0 Å². The number of carbonyl (C=O) groups excluding carboxylic acids is 1. The molecule has 7 nitrogen and oxygen atoms in total. The van der Waals surface area contributed by atoms with Gasteiger partial charge in [-0.05, 0) is 6.07 Å². The number of morpholine rings is 1. The van der Waals surface area contributed by atoms with E-state index < -0.39 is 0 Å². The van der Waals surface area contributed by atoms with E-state index in [1.165, 1.54) is 9.58 Å². The van der Waals surface area contributed by atoms with Crippen molar-refractivity contribution in [2.24, 2.45) is 0 Å². The average molecular weight is 407 g/mol. The number of nitrogens with zero attached hydrogens (tertiary/aromatic N) is 2. The van der Waals surface area contributed by atoms with Crippen molar-refractivity contribution in [3.8, 4) is 11.3 Å². The molecule has 2 aromatic carbocycles. The number of nitrogens with one attached hydrogen (secondary N) is 2. The van der Waals surface area contributed by atoms with Crippen LogP contribution in [0, 0.1) is 0 Å². The first kappa shape index (κ1) is 20.3.